The highest BCUT2D eigenvalue weighted by Crippen LogP contribution is 2.31. The lowest BCUT2D eigenvalue weighted by Gasteiger charge is -2.19. The van der Waals surface area contributed by atoms with Crippen LogP contribution in [0.3, 0.4) is 0 Å². The summed E-state index contributed by atoms with van der Waals surface area (Å²) in [6.45, 7) is 0.0247. The first kappa shape index (κ1) is 15.1. The average molecular weight is 282 g/mol. The first-order valence-electron chi connectivity index (χ1n) is 5.58. The number of nitrogens with two attached hydrogens (primary N) is 1. The van der Waals surface area contributed by atoms with E-state index < -0.39 is 12.1 Å². The normalized spacial score (nSPS) is 13.4. The Labute approximate surface area is 109 Å². The molecule has 2 N–H and O–H groups in total. The van der Waals surface area contributed by atoms with Crippen LogP contribution in [0.1, 0.15) is 12.8 Å². The summed E-state index contributed by atoms with van der Waals surface area (Å²) < 4.78 is 42.9. The smallest absolute Gasteiger partial charge is 0.391 e. The molecule has 0 aliphatic rings. The van der Waals surface area contributed by atoms with Gasteiger partial charge in [-0.15, -0.1) is 0 Å². The first-order valence-corrected chi connectivity index (χ1v) is 5.96. The molecule has 1 unspecified atom stereocenters. The maximum absolute atomic E-state index is 12.6. The van der Waals surface area contributed by atoms with Crippen molar-refractivity contribution in [2.24, 2.45) is 11.7 Å². The third-order valence-corrected chi connectivity index (χ3v) is 2.78. The molecular weight excluding hydrogens is 267 g/mol. The third kappa shape index (κ3) is 5.14. The Bertz CT molecular complexity index is 353. The number of hydrogen-bond acceptors (Lipinski definition) is 2. The molecule has 0 saturated heterocycles. The monoisotopic (exact) mass is 281 g/mol. The summed E-state index contributed by atoms with van der Waals surface area (Å²) in [5, 5.41) is 0.554. The SMILES string of the molecule is NCCC(CCOc1ccc(Cl)cc1)C(F)(F)F. The van der Waals surface area contributed by atoms with Crippen LogP contribution < -0.4 is 10.5 Å². The molecule has 0 saturated carbocycles. The second kappa shape index (κ2) is 6.85. The van der Waals surface area contributed by atoms with Crippen molar-refractivity contribution in [2.75, 3.05) is 13.2 Å². The number of hydrogen-bond donors (Lipinski definition) is 1. The molecule has 0 amide bonds. The quantitative estimate of drug-likeness (QED) is 0.864. The molecule has 6 heteroatoms. The van der Waals surface area contributed by atoms with Gasteiger partial charge in [0.05, 0.1) is 12.5 Å². The molecular formula is C12H15ClF3NO. The minimum Gasteiger partial charge on any atom is -0.494 e. The number of alkyl halides is 3. The van der Waals surface area contributed by atoms with E-state index in [0.717, 1.165) is 0 Å². The average Bonchev–Trinajstić information content (AvgIpc) is 2.29. The third-order valence-electron chi connectivity index (χ3n) is 2.53. The molecule has 102 valence electrons. The largest absolute Gasteiger partial charge is 0.494 e. The Morgan fingerprint density at radius 1 is 1.17 bits per heavy atom. The summed E-state index contributed by atoms with van der Waals surface area (Å²) in [4.78, 5) is 0. The Morgan fingerprint density at radius 2 is 1.78 bits per heavy atom. The molecule has 0 bridgehead atoms. The summed E-state index contributed by atoms with van der Waals surface area (Å²) in [7, 11) is 0. The predicted octanol–water partition coefficient (Wildman–Crippen LogP) is 3.64. The van der Waals surface area contributed by atoms with E-state index in [1.807, 2.05) is 0 Å². The summed E-state index contributed by atoms with van der Waals surface area (Å²) in [5.74, 6) is -0.900. The second-order valence-electron chi connectivity index (χ2n) is 3.91. The second-order valence-corrected chi connectivity index (χ2v) is 4.34. The van der Waals surface area contributed by atoms with Gasteiger partial charge in [0.25, 0.3) is 0 Å². The van der Waals surface area contributed by atoms with Crippen LogP contribution in [0.2, 0.25) is 5.02 Å². The van der Waals surface area contributed by atoms with Gasteiger partial charge < -0.3 is 10.5 Å². The van der Waals surface area contributed by atoms with Crippen LogP contribution in [0.25, 0.3) is 0 Å². The molecule has 1 atom stereocenters. The molecule has 0 radical (unpaired) electrons. The molecule has 0 aliphatic heterocycles. The molecule has 0 spiro atoms. The molecule has 1 aromatic rings. The fourth-order valence-electron chi connectivity index (χ4n) is 1.52. The van der Waals surface area contributed by atoms with Crippen LogP contribution in [0.5, 0.6) is 5.75 Å². The van der Waals surface area contributed by atoms with Gasteiger partial charge in [0.15, 0.2) is 0 Å². The van der Waals surface area contributed by atoms with E-state index in [1.54, 1.807) is 24.3 Å². The van der Waals surface area contributed by atoms with E-state index in [1.165, 1.54) is 0 Å². The molecule has 0 aliphatic carbocycles. The molecule has 0 fully saturated rings. The standard InChI is InChI=1S/C12H15ClF3NO/c13-10-1-3-11(4-2-10)18-8-6-9(5-7-17)12(14,15)16/h1-4,9H,5-8,17H2. The van der Waals surface area contributed by atoms with Crippen molar-refractivity contribution in [2.45, 2.75) is 19.0 Å². The minimum atomic E-state index is -4.22. The lowest BCUT2D eigenvalue weighted by Crippen LogP contribution is -2.27. The molecule has 1 rings (SSSR count). The van der Waals surface area contributed by atoms with Gasteiger partial charge in [-0.1, -0.05) is 11.6 Å². The Balaban J connectivity index is 2.41. The zero-order valence-corrected chi connectivity index (χ0v) is 10.5. The maximum atomic E-state index is 12.6. The molecule has 18 heavy (non-hydrogen) atoms. The summed E-state index contributed by atoms with van der Waals surface area (Å²) in [6.07, 6.45) is -4.39. The van der Waals surface area contributed by atoms with Crippen molar-refractivity contribution < 1.29 is 17.9 Å². The minimum absolute atomic E-state index is 0.00576. The molecule has 0 heterocycles. The maximum Gasteiger partial charge on any atom is 0.391 e. The number of halogens is 4. The predicted molar refractivity (Wildman–Crippen MR) is 64.8 cm³/mol. The van der Waals surface area contributed by atoms with Crippen molar-refractivity contribution in [1.29, 1.82) is 0 Å². The number of rotatable bonds is 6. The zero-order chi connectivity index (χ0) is 13.6. The van der Waals surface area contributed by atoms with Gasteiger partial charge in [0.1, 0.15) is 5.75 Å². The van der Waals surface area contributed by atoms with Crippen molar-refractivity contribution in [3.63, 3.8) is 0 Å². The fraction of sp³-hybridized carbons (Fsp3) is 0.500. The lowest BCUT2D eigenvalue weighted by atomic mass is 10.0. The van der Waals surface area contributed by atoms with Gasteiger partial charge in [-0.2, -0.15) is 13.2 Å². The topological polar surface area (TPSA) is 35.2 Å². The van der Waals surface area contributed by atoms with Crippen molar-refractivity contribution in [1.82, 2.24) is 0 Å². The fourth-order valence-corrected chi connectivity index (χ4v) is 1.65. The van der Waals surface area contributed by atoms with Gasteiger partial charge in [-0.3, -0.25) is 0 Å². The van der Waals surface area contributed by atoms with Crippen LogP contribution >= 0.6 is 11.6 Å². The molecule has 0 aromatic heterocycles. The zero-order valence-electron chi connectivity index (χ0n) is 9.71. The highest BCUT2D eigenvalue weighted by atomic mass is 35.5. The molecule has 1 aromatic carbocycles. The van der Waals surface area contributed by atoms with Crippen LogP contribution in [-0.2, 0) is 0 Å². The Kier molecular flexibility index (Phi) is 5.75. The highest BCUT2D eigenvalue weighted by Gasteiger charge is 2.38. The van der Waals surface area contributed by atoms with E-state index in [9.17, 15) is 13.2 Å². The van der Waals surface area contributed by atoms with Gasteiger partial charge in [-0.25, -0.2) is 0 Å². The van der Waals surface area contributed by atoms with E-state index in [0.29, 0.717) is 10.8 Å². The van der Waals surface area contributed by atoms with E-state index in [4.69, 9.17) is 22.1 Å². The lowest BCUT2D eigenvalue weighted by molar-refractivity contribution is -0.178. The molecule has 2 nitrogen and oxygen atoms in total. The highest BCUT2D eigenvalue weighted by molar-refractivity contribution is 6.30. The van der Waals surface area contributed by atoms with Gasteiger partial charge in [0.2, 0.25) is 0 Å². The van der Waals surface area contributed by atoms with Gasteiger partial charge in [-0.05, 0) is 43.7 Å². The van der Waals surface area contributed by atoms with Crippen molar-refractivity contribution in [3.05, 3.63) is 29.3 Å². The van der Waals surface area contributed by atoms with Crippen molar-refractivity contribution in [3.8, 4) is 5.75 Å². The first-order chi connectivity index (χ1) is 8.43. The van der Waals surface area contributed by atoms with Crippen LogP contribution in [0.4, 0.5) is 13.2 Å². The van der Waals surface area contributed by atoms with Crippen LogP contribution in [0.15, 0.2) is 24.3 Å². The van der Waals surface area contributed by atoms with Crippen LogP contribution in [0, 0.1) is 5.92 Å². The van der Waals surface area contributed by atoms with Gasteiger partial charge >= 0.3 is 6.18 Å². The number of ether oxygens (including phenoxy) is 1. The van der Waals surface area contributed by atoms with Crippen LogP contribution in [-0.4, -0.2) is 19.3 Å². The van der Waals surface area contributed by atoms with Crippen molar-refractivity contribution >= 4 is 11.6 Å². The van der Waals surface area contributed by atoms with E-state index in [-0.39, 0.29) is 26.0 Å². The summed E-state index contributed by atoms with van der Waals surface area (Å²) in [6, 6.07) is 6.48. The van der Waals surface area contributed by atoms with E-state index >= 15 is 0 Å². The Hall–Kier alpha value is -0.940. The summed E-state index contributed by atoms with van der Waals surface area (Å²) in [5.41, 5.74) is 5.17. The van der Waals surface area contributed by atoms with Gasteiger partial charge in [0, 0.05) is 5.02 Å². The number of benzene rings is 1. The van der Waals surface area contributed by atoms with E-state index in [2.05, 4.69) is 0 Å². The Morgan fingerprint density at radius 3 is 2.28 bits per heavy atom. The summed E-state index contributed by atoms with van der Waals surface area (Å²) >= 11 is 5.68.